The van der Waals surface area contributed by atoms with Crippen molar-refractivity contribution in [1.82, 2.24) is 0 Å². The second-order valence-corrected chi connectivity index (χ2v) is 14.6. The Labute approximate surface area is 216 Å². The van der Waals surface area contributed by atoms with E-state index in [4.69, 9.17) is 0 Å². The molecule has 36 heavy (non-hydrogen) atoms. The first-order chi connectivity index (χ1) is 16.6. The molecule has 5 N–H and O–H groups in total. The van der Waals surface area contributed by atoms with Crippen molar-refractivity contribution in [1.29, 1.82) is 0 Å². The maximum Gasteiger partial charge on any atom is 0.310 e. The maximum atomic E-state index is 12.8. The number of aliphatic hydroxyl groups is 4. The van der Waals surface area contributed by atoms with E-state index in [1.54, 1.807) is 0 Å². The van der Waals surface area contributed by atoms with E-state index >= 15 is 0 Å². The van der Waals surface area contributed by atoms with E-state index in [-0.39, 0.29) is 41.1 Å². The molecule has 5 aliphatic rings. The Morgan fingerprint density at radius 2 is 1.67 bits per heavy atom. The van der Waals surface area contributed by atoms with Gasteiger partial charge < -0.3 is 25.5 Å². The SMILES string of the molecule is C[C@H]1CC[C@]2(C(=O)O)CC[C@]3(C)C(=CCC4[C@]5(C)C[C@H](O)[C@@H](O)[C@@](C)(CO)C5[C@@H](O)C[C@]43C)C2[C@@H]1C. The number of hydrogen-bond donors (Lipinski definition) is 5. The Hall–Kier alpha value is -0.950. The lowest BCUT2D eigenvalue weighted by molar-refractivity contribution is -0.273. The number of carbonyl (C=O) groups is 1. The van der Waals surface area contributed by atoms with Crippen LogP contribution in [0.5, 0.6) is 0 Å². The summed E-state index contributed by atoms with van der Waals surface area (Å²) >= 11 is 0. The van der Waals surface area contributed by atoms with Crippen molar-refractivity contribution >= 4 is 5.97 Å². The van der Waals surface area contributed by atoms with Crippen molar-refractivity contribution < 1.29 is 30.3 Å². The van der Waals surface area contributed by atoms with Crippen molar-refractivity contribution in [2.45, 2.75) is 105 Å². The molecule has 0 heterocycles. The number of fused-ring (bicyclic) bond motifs is 7. The summed E-state index contributed by atoms with van der Waals surface area (Å²) in [5, 5.41) is 54.7. The van der Waals surface area contributed by atoms with Gasteiger partial charge in [0.05, 0.1) is 30.3 Å². The van der Waals surface area contributed by atoms with Crippen molar-refractivity contribution in [2.24, 2.45) is 56.7 Å². The lowest BCUT2D eigenvalue weighted by atomic mass is 9.32. The predicted octanol–water partition coefficient (Wildman–Crippen LogP) is 4.00. The standard InChI is InChI=1S/C30H48O6/c1-16-9-10-30(25(35)36)12-11-28(5)18(22(30)17(16)2)7-8-21-26(3)13-20(33)24(34)27(4,15-31)23(26)19(32)14-29(21,28)6/h7,16-17,19-24,31-34H,8-15H2,1-6H3,(H,35,36)/t16-,17+,19-,20-,21?,22?,23?,24+,26-,27-,28+,29+,30-/m0/s1. The zero-order valence-electron chi connectivity index (χ0n) is 23.0. The number of carboxylic acids is 1. The minimum Gasteiger partial charge on any atom is -0.481 e. The van der Waals surface area contributed by atoms with Crippen LogP contribution in [0, 0.1) is 56.7 Å². The Kier molecular flexibility index (Phi) is 5.95. The highest BCUT2D eigenvalue weighted by molar-refractivity contribution is 5.76. The zero-order valence-corrected chi connectivity index (χ0v) is 23.0. The Morgan fingerprint density at radius 3 is 2.28 bits per heavy atom. The topological polar surface area (TPSA) is 118 Å². The first-order valence-electron chi connectivity index (χ1n) is 14.2. The summed E-state index contributed by atoms with van der Waals surface area (Å²) < 4.78 is 0. The zero-order chi connectivity index (χ0) is 26.6. The van der Waals surface area contributed by atoms with Crippen LogP contribution in [0.4, 0.5) is 0 Å². The minimum absolute atomic E-state index is 0.000534. The number of aliphatic hydroxyl groups excluding tert-OH is 4. The lowest BCUT2D eigenvalue weighted by Crippen LogP contribution is -2.71. The summed E-state index contributed by atoms with van der Waals surface area (Å²) in [5.74, 6) is -0.0914. The van der Waals surface area contributed by atoms with Gasteiger partial charge in [-0.25, -0.2) is 0 Å². The molecule has 0 spiro atoms. The van der Waals surface area contributed by atoms with Crippen LogP contribution >= 0.6 is 0 Å². The molecule has 4 saturated carbocycles. The smallest absolute Gasteiger partial charge is 0.310 e. The molecule has 6 heteroatoms. The summed E-state index contributed by atoms with van der Waals surface area (Å²) in [4.78, 5) is 12.8. The van der Waals surface area contributed by atoms with Crippen LogP contribution in [-0.4, -0.2) is 56.4 Å². The van der Waals surface area contributed by atoms with E-state index in [1.165, 1.54) is 5.57 Å². The van der Waals surface area contributed by atoms with Crippen LogP contribution in [0.25, 0.3) is 0 Å². The fourth-order valence-corrected chi connectivity index (χ4v) is 11.2. The molecule has 0 radical (unpaired) electrons. The van der Waals surface area contributed by atoms with Gasteiger partial charge in [-0.3, -0.25) is 4.79 Å². The molecule has 0 bridgehead atoms. The number of hydrogen-bond acceptors (Lipinski definition) is 5. The third-order valence-electron chi connectivity index (χ3n) is 13.4. The van der Waals surface area contributed by atoms with Crippen molar-refractivity contribution in [2.75, 3.05) is 6.61 Å². The summed E-state index contributed by atoms with van der Waals surface area (Å²) in [7, 11) is 0. The monoisotopic (exact) mass is 504 g/mol. The molecule has 0 saturated heterocycles. The van der Waals surface area contributed by atoms with Gasteiger partial charge in [0.2, 0.25) is 0 Å². The number of aliphatic carboxylic acids is 1. The molecular weight excluding hydrogens is 456 g/mol. The second kappa shape index (κ2) is 8.03. The number of carboxylic acid groups (broad SMARTS) is 1. The van der Waals surface area contributed by atoms with Gasteiger partial charge in [0.25, 0.3) is 0 Å². The molecule has 0 aromatic rings. The van der Waals surface area contributed by atoms with Crippen LogP contribution in [0.1, 0.15) is 86.5 Å². The molecule has 0 aromatic heterocycles. The second-order valence-electron chi connectivity index (χ2n) is 14.6. The van der Waals surface area contributed by atoms with Crippen LogP contribution in [-0.2, 0) is 4.79 Å². The molecule has 0 aromatic carbocycles. The largest absolute Gasteiger partial charge is 0.481 e. The molecule has 204 valence electrons. The van der Waals surface area contributed by atoms with E-state index in [1.807, 2.05) is 6.92 Å². The normalized spacial score (nSPS) is 58.6. The quantitative estimate of drug-likeness (QED) is 0.363. The first-order valence-corrected chi connectivity index (χ1v) is 14.2. The fourth-order valence-electron chi connectivity index (χ4n) is 11.2. The van der Waals surface area contributed by atoms with Crippen molar-refractivity contribution in [3.05, 3.63) is 11.6 Å². The predicted molar refractivity (Wildman–Crippen MR) is 137 cm³/mol. The van der Waals surface area contributed by atoms with Gasteiger partial charge >= 0.3 is 5.97 Å². The van der Waals surface area contributed by atoms with Gasteiger partial charge in [-0.05, 0) is 84.9 Å². The molecule has 5 aliphatic carbocycles. The number of allylic oxidation sites excluding steroid dienone is 2. The van der Waals surface area contributed by atoms with Gasteiger partial charge in [-0.15, -0.1) is 0 Å². The van der Waals surface area contributed by atoms with Crippen molar-refractivity contribution in [3.63, 3.8) is 0 Å². The van der Waals surface area contributed by atoms with Crippen LogP contribution in [0.15, 0.2) is 11.6 Å². The maximum absolute atomic E-state index is 12.8. The highest BCUT2D eigenvalue weighted by Gasteiger charge is 2.72. The van der Waals surface area contributed by atoms with Crippen LogP contribution < -0.4 is 0 Å². The summed E-state index contributed by atoms with van der Waals surface area (Å²) in [6, 6.07) is 0. The Bertz CT molecular complexity index is 963. The van der Waals surface area contributed by atoms with Crippen LogP contribution in [0.2, 0.25) is 0 Å². The van der Waals surface area contributed by atoms with Gasteiger partial charge in [0.15, 0.2) is 0 Å². The van der Waals surface area contributed by atoms with Gasteiger partial charge in [0.1, 0.15) is 0 Å². The molecule has 0 amide bonds. The molecule has 4 fully saturated rings. The van der Waals surface area contributed by atoms with E-state index in [2.05, 4.69) is 40.7 Å². The molecule has 6 nitrogen and oxygen atoms in total. The van der Waals surface area contributed by atoms with E-state index in [0.29, 0.717) is 25.2 Å². The molecular formula is C30H48O6. The van der Waals surface area contributed by atoms with Gasteiger partial charge in [-0.2, -0.15) is 0 Å². The Morgan fingerprint density at radius 1 is 1.00 bits per heavy atom. The first kappa shape index (κ1) is 26.6. The highest BCUT2D eigenvalue weighted by atomic mass is 16.4. The average molecular weight is 505 g/mol. The van der Waals surface area contributed by atoms with Gasteiger partial charge in [0, 0.05) is 11.3 Å². The summed E-state index contributed by atoms with van der Waals surface area (Å²) in [6.07, 6.45) is 4.44. The molecule has 0 aliphatic heterocycles. The van der Waals surface area contributed by atoms with E-state index in [0.717, 1.165) is 25.7 Å². The summed E-state index contributed by atoms with van der Waals surface area (Å²) in [5.41, 5.74) is -1.41. The third kappa shape index (κ3) is 2.96. The van der Waals surface area contributed by atoms with Gasteiger partial charge in [-0.1, -0.05) is 53.2 Å². The lowest BCUT2D eigenvalue weighted by Gasteiger charge is -2.72. The minimum atomic E-state index is -1.08. The molecule has 5 rings (SSSR count). The summed E-state index contributed by atoms with van der Waals surface area (Å²) in [6.45, 7) is 12.8. The van der Waals surface area contributed by atoms with E-state index in [9.17, 15) is 30.3 Å². The Balaban J connectivity index is 1.65. The van der Waals surface area contributed by atoms with Crippen LogP contribution in [0.3, 0.4) is 0 Å². The third-order valence-corrected chi connectivity index (χ3v) is 13.4. The molecule has 3 unspecified atom stereocenters. The molecule has 13 atom stereocenters. The average Bonchev–Trinajstić information content (AvgIpc) is 2.80. The number of rotatable bonds is 2. The van der Waals surface area contributed by atoms with E-state index < -0.39 is 40.5 Å². The highest BCUT2D eigenvalue weighted by Crippen LogP contribution is 2.75. The van der Waals surface area contributed by atoms with Crippen molar-refractivity contribution in [3.8, 4) is 0 Å². The fraction of sp³-hybridized carbons (Fsp3) is 0.900.